The first kappa shape index (κ1) is 14.7. The van der Waals surface area contributed by atoms with E-state index in [1.807, 2.05) is 11.8 Å². The standard InChI is InChI=1S/C14H18N2O3S/c1-10-9-16(6-7-20-10)14(19)15-12-5-3-2-4-11(12)8-13(17)18/h2-5,10H,6-9H2,1H3,(H,15,19)(H,17,18). The lowest BCUT2D eigenvalue weighted by molar-refractivity contribution is -0.136. The molecular formula is C14H18N2O3S. The van der Waals surface area contributed by atoms with Gasteiger partial charge < -0.3 is 15.3 Å². The number of anilines is 1. The molecule has 1 aromatic carbocycles. The largest absolute Gasteiger partial charge is 0.481 e. The SMILES string of the molecule is CC1CN(C(=O)Nc2ccccc2CC(=O)O)CCS1. The number of hydrogen-bond acceptors (Lipinski definition) is 3. The Morgan fingerprint density at radius 1 is 1.45 bits per heavy atom. The van der Waals surface area contributed by atoms with Crippen molar-refractivity contribution in [2.45, 2.75) is 18.6 Å². The molecule has 108 valence electrons. The van der Waals surface area contributed by atoms with Crippen LogP contribution in [-0.2, 0) is 11.2 Å². The number of rotatable bonds is 3. The predicted octanol–water partition coefficient (Wildman–Crippen LogP) is 2.28. The first-order chi connectivity index (χ1) is 9.56. The van der Waals surface area contributed by atoms with E-state index in [-0.39, 0.29) is 12.5 Å². The van der Waals surface area contributed by atoms with Crippen LogP contribution in [-0.4, -0.2) is 46.1 Å². The van der Waals surface area contributed by atoms with E-state index < -0.39 is 5.97 Å². The van der Waals surface area contributed by atoms with E-state index in [1.54, 1.807) is 29.2 Å². The fraction of sp³-hybridized carbons (Fsp3) is 0.429. The number of carbonyl (C=O) groups is 2. The number of benzene rings is 1. The van der Waals surface area contributed by atoms with Crippen LogP contribution in [0.25, 0.3) is 0 Å². The fourth-order valence-corrected chi connectivity index (χ4v) is 3.17. The number of hydrogen-bond donors (Lipinski definition) is 2. The second kappa shape index (κ2) is 6.65. The number of carboxylic acid groups (broad SMARTS) is 1. The van der Waals surface area contributed by atoms with Crippen molar-refractivity contribution in [2.24, 2.45) is 0 Å². The lowest BCUT2D eigenvalue weighted by Gasteiger charge is -2.30. The smallest absolute Gasteiger partial charge is 0.321 e. The molecule has 2 amide bonds. The maximum Gasteiger partial charge on any atom is 0.321 e. The quantitative estimate of drug-likeness (QED) is 0.897. The van der Waals surface area contributed by atoms with Crippen molar-refractivity contribution >= 4 is 29.4 Å². The van der Waals surface area contributed by atoms with Gasteiger partial charge in [0, 0.05) is 29.8 Å². The summed E-state index contributed by atoms with van der Waals surface area (Å²) in [6, 6.07) is 6.86. The molecule has 20 heavy (non-hydrogen) atoms. The number of urea groups is 1. The topological polar surface area (TPSA) is 69.6 Å². The molecule has 0 saturated carbocycles. The summed E-state index contributed by atoms with van der Waals surface area (Å²) in [7, 11) is 0. The maximum atomic E-state index is 12.2. The van der Waals surface area contributed by atoms with Crippen molar-refractivity contribution < 1.29 is 14.7 Å². The number of thioether (sulfide) groups is 1. The molecule has 1 fully saturated rings. The third kappa shape index (κ3) is 3.90. The molecule has 1 heterocycles. The zero-order chi connectivity index (χ0) is 14.5. The van der Waals surface area contributed by atoms with Crippen LogP contribution >= 0.6 is 11.8 Å². The van der Waals surface area contributed by atoms with Crippen LogP contribution in [0, 0.1) is 0 Å². The monoisotopic (exact) mass is 294 g/mol. The summed E-state index contributed by atoms with van der Waals surface area (Å²) >= 11 is 1.86. The molecule has 0 spiro atoms. The molecule has 2 rings (SSSR count). The highest BCUT2D eigenvalue weighted by molar-refractivity contribution is 7.99. The number of para-hydroxylation sites is 1. The highest BCUT2D eigenvalue weighted by Gasteiger charge is 2.21. The van der Waals surface area contributed by atoms with E-state index in [2.05, 4.69) is 12.2 Å². The average Bonchev–Trinajstić information content (AvgIpc) is 2.40. The molecule has 0 radical (unpaired) electrons. The van der Waals surface area contributed by atoms with Crippen LogP contribution in [0.1, 0.15) is 12.5 Å². The molecule has 1 aromatic rings. The molecule has 0 bridgehead atoms. The highest BCUT2D eigenvalue weighted by atomic mass is 32.2. The summed E-state index contributed by atoms with van der Waals surface area (Å²) in [5.41, 5.74) is 1.19. The van der Waals surface area contributed by atoms with Crippen LogP contribution in [0.3, 0.4) is 0 Å². The first-order valence-electron chi connectivity index (χ1n) is 6.53. The molecular weight excluding hydrogens is 276 g/mol. The normalized spacial score (nSPS) is 18.6. The second-order valence-electron chi connectivity index (χ2n) is 4.79. The molecule has 2 N–H and O–H groups in total. The fourth-order valence-electron chi connectivity index (χ4n) is 2.16. The van der Waals surface area contributed by atoms with Crippen LogP contribution in [0.4, 0.5) is 10.5 Å². The van der Waals surface area contributed by atoms with Gasteiger partial charge in [0.05, 0.1) is 6.42 Å². The molecule has 6 heteroatoms. The summed E-state index contributed by atoms with van der Waals surface area (Å²) < 4.78 is 0. The minimum Gasteiger partial charge on any atom is -0.481 e. The first-order valence-corrected chi connectivity index (χ1v) is 7.58. The van der Waals surface area contributed by atoms with Gasteiger partial charge in [0.15, 0.2) is 0 Å². The van der Waals surface area contributed by atoms with Gasteiger partial charge in [-0.15, -0.1) is 0 Å². The molecule has 1 atom stereocenters. The molecule has 1 aliphatic heterocycles. The van der Waals surface area contributed by atoms with Crippen LogP contribution < -0.4 is 5.32 Å². The van der Waals surface area contributed by atoms with Gasteiger partial charge in [-0.3, -0.25) is 4.79 Å². The van der Waals surface area contributed by atoms with Gasteiger partial charge in [0.2, 0.25) is 0 Å². The van der Waals surface area contributed by atoms with E-state index in [4.69, 9.17) is 5.11 Å². The minimum atomic E-state index is -0.908. The number of nitrogens with one attached hydrogen (secondary N) is 1. The van der Waals surface area contributed by atoms with Crippen molar-refractivity contribution in [3.8, 4) is 0 Å². The number of aliphatic carboxylic acids is 1. The van der Waals surface area contributed by atoms with Crippen molar-refractivity contribution in [1.29, 1.82) is 0 Å². The minimum absolute atomic E-state index is 0.0945. The van der Waals surface area contributed by atoms with Crippen molar-refractivity contribution in [3.63, 3.8) is 0 Å². The molecule has 1 aliphatic rings. The summed E-state index contributed by atoms with van der Waals surface area (Å²) in [6.45, 7) is 3.54. The Kier molecular flexibility index (Phi) is 4.89. The molecule has 0 aromatic heterocycles. The third-order valence-corrected chi connectivity index (χ3v) is 4.27. The van der Waals surface area contributed by atoms with E-state index in [9.17, 15) is 9.59 Å². The summed E-state index contributed by atoms with van der Waals surface area (Å²) in [6.07, 6.45) is -0.0945. The zero-order valence-corrected chi connectivity index (χ0v) is 12.2. The molecule has 0 aliphatic carbocycles. The highest BCUT2D eigenvalue weighted by Crippen LogP contribution is 2.20. The van der Waals surface area contributed by atoms with Crippen LogP contribution in [0.15, 0.2) is 24.3 Å². The third-order valence-electron chi connectivity index (χ3n) is 3.13. The Labute approximate surface area is 122 Å². The summed E-state index contributed by atoms with van der Waals surface area (Å²) in [5.74, 6) is 0.0282. The predicted molar refractivity (Wildman–Crippen MR) is 80.3 cm³/mol. The Morgan fingerprint density at radius 2 is 2.20 bits per heavy atom. The number of carboxylic acids is 1. The Hall–Kier alpha value is -1.69. The summed E-state index contributed by atoms with van der Waals surface area (Å²) in [5, 5.41) is 12.1. The average molecular weight is 294 g/mol. The lowest BCUT2D eigenvalue weighted by Crippen LogP contribution is -2.43. The van der Waals surface area contributed by atoms with E-state index >= 15 is 0 Å². The number of nitrogens with zero attached hydrogens (tertiary/aromatic N) is 1. The van der Waals surface area contributed by atoms with Crippen molar-refractivity contribution in [3.05, 3.63) is 29.8 Å². The Morgan fingerprint density at radius 3 is 2.90 bits per heavy atom. The van der Waals surface area contributed by atoms with Crippen molar-refractivity contribution in [1.82, 2.24) is 4.90 Å². The van der Waals surface area contributed by atoms with Crippen LogP contribution in [0.2, 0.25) is 0 Å². The molecule has 5 nitrogen and oxygen atoms in total. The molecule has 1 saturated heterocycles. The van der Waals surface area contributed by atoms with Gasteiger partial charge in [0.25, 0.3) is 0 Å². The molecule has 1 unspecified atom stereocenters. The van der Waals surface area contributed by atoms with Gasteiger partial charge in [-0.25, -0.2) is 4.79 Å². The van der Waals surface area contributed by atoms with Gasteiger partial charge >= 0.3 is 12.0 Å². The summed E-state index contributed by atoms with van der Waals surface area (Å²) in [4.78, 5) is 24.8. The van der Waals surface area contributed by atoms with E-state index in [1.165, 1.54) is 0 Å². The van der Waals surface area contributed by atoms with E-state index in [0.29, 0.717) is 16.5 Å². The van der Waals surface area contributed by atoms with E-state index in [0.717, 1.165) is 18.8 Å². The zero-order valence-electron chi connectivity index (χ0n) is 11.3. The van der Waals surface area contributed by atoms with Crippen LogP contribution in [0.5, 0.6) is 0 Å². The lowest BCUT2D eigenvalue weighted by atomic mass is 10.1. The number of amides is 2. The van der Waals surface area contributed by atoms with Crippen molar-refractivity contribution in [2.75, 3.05) is 24.2 Å². The van der Waals surface area contributed by atoms with Gasteiger partial charge in [-0.1, -0.05) is 25.1 Å². The Balaban J connectivity index is 2.05. The van der Waals surface area contributed by atoms with Gasteiger partial charge in [0.1, 0.15) is 0 Å². The van der Waals surface area contributed by atoms with Gasteiger partial charge in [-0.05, 0) is 11.6 Å². The maximum absolute atomic E-state index is 12.2. The van der Waals surface area contributed by atoms with Gasteiger partial charge in [-0.2, -0.15) is 11.8 Å². The second-order valence-corrected chi connectivity index (χ2v) is 6.33. The Bertz CT molecular complexity index is 507. The number of carbonyl (C=O) groups excluding carboxylic acids is 1.